The molecule has 0 radical (unpaired) electrons. The van der Waals surface area contributed by atoms with Crippen LogP contribution in [-0.2, 0) is 0 Å². The number of benzene rings is 2. The standard InChI is InChI=1S/C17H11N3O4/c21-16-13-8-2-3-9-14(13)17(22)19(16)18-11-5-7-12-6-1-4-10-15(12)20(23)24/h1-11H/b7-5+,18-11-. The Morgan fingerprint density at radius 2 is 1.54 bits per heavy atom. The van der Waals surface area contributed by atoms with E-state index in [4.69, 9.17) is 0 Å². The van der Waals surface area contributed by atoms with Gasteiger partial charge in [0.15, 0.2) is 0 Å². The molecule has 2 aromatic rings. The maximum Gasteiger partial charge on any atom is 0.282 e. The van der Waals surface area contributed by atoms with Gasteiger partial charge in [-0.2, -0.15) is 10.1 Å². The van der Waals surface area contributed by atoms with Gasteiger partial charge in [-0.05, 0) is 30.4 Å². The largest absolute Gasteiger partial charge is 0.282 e. The zero-order chi connectivity index (χ0) is 17.1. The van der Waals surface area contributed by atoms with Gasteiger partial charge in [0.05, 0.1) is 21.6 Å². The van der Waals surface area contributed by atoms with Crippen molar-refractivity contribution in [1.82, 2.24) is 5.01 Å². The highest BCUT2D eigenvalue weighted by Gasteiger charge is 2.34. The number of allylic oxidation sites excluding steroid dienone is 1. The quantitative estimate of drug-likeness (QED) is 0.374. The van der Waals surface area contributed by atoms with Crippen molar-refractivity contribution in [2.24, 2.45) is 5.10 Å². The first kappa shape index (κ1) is 15.3. The predicted octanol–water partition coefficient (Wildman–Crippen LogP) is 2.89. The molecule has 0 saturated heterocycles. The van der Waals surface area contributed by atoms with Crippen LogP contribution in [0.1, 0.15) is 26.3 Å². The molecule has 118 valence electrons. The maximum atomic E-state index is 12.1. The second kappa shape index (κ2) is 6.25. The summed E-state index contributed by atoms with van der Waals surface area (Å²) in [6.45, 7) is 0. The molecule has 7 nitrogen and oxygen atoms in total. The number of carbonyl (C=O) groups excluding carboxylic acids is 2. The van der Waals surface area contributed by atoms with Gasteiger partial charge in [-0.1, -0.05) is 24.3 Å². The Bertz CT molecular complexity index is 867. The molecule has 2 amide bonds. The van der Waals surface area contributed by atoms with Gasteiger partial charge in [-0.25, -0.2) is 0 Å². The van der Waals surface area contributed by atoms with Gasteiger partial charge in [-0.15, -0.1) is 0 Å². The molecule has 0 bridgehead atoms. The third-order valence-electron chi connectivity index (χ3n) is 3.45. The lowest BCUT2D eigenvalue weighted by atomic mass is 10.1. The highest BCUT2D eigenvalue weighted by atomic mass is 16.6. The highest BCUT2D eigenvalue weighted by molar-refractivity contribution is 6.21. The molecule has 0 unspecified atom stereocenters. The molecule has 0 aromatic heterocycles. The number of hydrogen-bond donors (Lipinski definition) is 0. The molecule has 0 saturated carbocycles. The monoisotopic (exact) mass is 321 g/mol. The minimum absolute atomic E-state index is 0.0390. The fourth-order valence-corrected chi connectivity index (χ4v) is 2.33. The van der Waals surface area contributed by atoms with E-state index in [9.17, 15) is 19.7 Å². The van der Waals surface area contributed by atoms with Crippen molar-refractivity contribution in [3.05, 3.63) is 81.4 Å². The molecule has 7 heteroatoms. The van der Waals surface area contributed by atoms with Crippen LogP contribution in [0.25, 0.3) is 6.08 Å². The van der Waals surface area contributed by atoms with Crippen LogP contribution in [0.3, 0.4) is 0 Å². The molecule has 1 aliphatic rings. The highest BCUT2D eigenvalue weighted by Crippen LogP contribution is 2.22. The summed E-state index contributed by atoms with van der Waals surface area (Å²) in [5, 5.41) is 15.5. The summed E-state index contributed by atoms with van der Waals surface area (Å²) < 4.78 is 0. The predicted molar refractivity (Wildman–Crippen MR) is 87.6 cm³/mol. The number of fused-ring (bicyclic) bond motifs is 1. The number of rotatable bonds is 4. The lowest BCUT2D eigenvalue weighted by Gasteiger charge is -2.04. The van der Waals surface area contributed by atoms with Crippen molar-refractivity contribution in [2.75, 3.05) is 0 Å². The maximum absolute atomic E-state index is 12.1. The molecular weight excluding hydrogens is 310 g/mol. The second-order valence-corrected chi connectivity index (χ2v) is 4.91. The average Bonchev–Trinajstić information content (AvgIpc) is 2.84. The Morgan fingerprint density at radius 1 is 0.958 bits per heavy atom. The molecule has 1 aliphatic heterocycles. The minimum atomic E-state index is -0.494. The smallest absolute Gasteiger partial charge is 0.267 e. The molecule has 0 atom stereocenters. The zero-order valence-electron chi connectivity index (χ0n) is 12.3. The first-order valence-electron chi connectivity index (χ1n) is 7.01. The summed E-state index contributed by atoms with van der Waals surface area (Å²) in [6, 6.07) is 12.7. The van der Waals surface area contributed by atoms with Crippen molar-refractivity contribution in [3.63, 3.8) is 0 Å². The lowest BCUT2D eigenvalue weighted by Crippen LogP contribution is -2.23. The third-order valence-corrected chi connectivity index (χ3v) is 3.45. The molecule has 3 rings (SSSR count). The summed E-state index contributed by atoms with van der Waals surface area (Å²) >= 11 is 0. The molecule has 2 aromatic carbocycles. The van der Waals surface area contributed by atoms with Crippen LogP contribution >= 0.6 is 0 Å². The fourth-order valence-electron chi connectivity index (χ4n) is 2.33. The van der Waals surface area contributed by atoms with Crippen molar-refractivity contribution in [3.8, 4) is 0 Å². The van der Waals surface area contributed by atoms with Crippen LogP contribution in [0.15, 0.2) is 59.7 Å². The molecule has 1 heterocycles. The summed E-state index contributed by atoms with van der Waals surface area (Å²) in [6.07, 6.45) is 4.17. The van der Waals surface area contributed by atoms with Crippen LogP contribution in [0, 0.1) is 10.1 Å². The van der Waals surface area contributed by atoms with Gasteiger partial charge in [0.25, 0.3) is 17.5 Å². The Labute approximate surface area is 136 Å². The summed E-state index contributed by atoms with van der Waals surface area (Å²) in [5.74, 6) is -0.989. The van der Waals surface area contributed by atoms with Gasteiger partial charge in [0, 0.05) is 12.3 Å². The minimum Gasteiger partial charge on any atom is -0.267 e. The van der Waals surface area contributed by atoms with Gasteiger partial charge < -0.3 is 0 Å². The van der Waals surface area contributed by atoms with Gasteiger partial charge in [0.1, 0.15) is 0 Å². The van der Waals surface area contributed by atoms with E-state index in [-0.39, 0.29) is 5.69 Å². The number of nitro benzene ring substituents is 1. The van der Waals surface area contributed by atoms with Crippen LogP contribution in [-0.4, -0.2) is 28.0 Å². The summed E-state index contributed by atoms with van der Waals surface area (Å²) in [7, 11) is 0. The van der Waals surface area contributed by atoms with E-state index in [2.05, 4.69) is 5.10 Å². The molecule has 0 spiro atoms. The van der Waals surface area contributed by atoms with E-state index in [1.807, 2.05) is 0 Å². The average molecular weight is 321 g/mol. The van der Waals surface area contributed by atoms with E-state index < -0.39 is 16.7 Å². The fraction of sp³-hybridized carbons (Fsp3) is 0. The first-order valence-corrected chi connectivity index (χ1v) is 7.01. The van der Waals surface area contributed by atoms with E-state index >= 15 is 0 Å². The molecule has 0 N–H and O–H groups in total. The van der Waals surface area contributed by atoms with Gasteiger partial charge in [0.2, 0.25) is 0 Å². The second-order valence-electron chi connectivity index (χ2n) is 4.91. The van der Waals surface area contributed by atoms with Crippen molar-refractivity contribution >= 4 is 29.8 Å². The van der Waals surface area contributed by atoms with Crippen LogP contribution in [0.4, 0.5) is 5.69 Å². The normalized spacial score (nSPS) is 13.9. The Balaban J connectivity index is 1.78. The van der Waals surface area contributed by atoms with Gasteiger partial charge in [-0.3, -0.25) is 19.7 Å². The Morgan fingerprint density at radius 3 is 2.17 bits per heavy atom. The number of carbonyl (C=O) groups is 2. The SMILES string of the molecule is O=C1c2ccccc2C(=O)N1/N=C\C=C\c1ccccc1[N+](=O)[O-]. The zero-order valence-corrected chi connectivity index (χ0v) is 12.3. The number of hydrazone groups is 1. The molecule has 0 fully saturated rings. The van der Waals surface area contributed by atoms with Crippen molar-refractivity contribution in [1.29, 1.82) is 0 Å². The number of nitrogens with zero attached hydrogens (tertiary/aromatic N) is 3. The Kier molecular flexibility index (Phi) is 3.98. The van der Waals surface area contributed by atoms with Crippen molar-refractivity contribution < 1.29 is 14.5 Å². The summed E-state index contributed by atoms with van der Waals surface area (Å²) in [5.41, 5.74) is 0.976. The first-order chi connectivity index (χ1) is 11.6. The van der Waals surface area contributed by atoms with Crippen LogP contribution in [0.2, 0.25) is 0 Å². The van der Waals surface area contributed by atoms with Crippen LogP contribution < -0.4 is 0 Å². The number of para-hydroxylation sites is 1. The number of imide groups is 1. The number of amides is 2. The molecule has 24 heavy (non-hydrogen) atoms. The van der Waals surface area contributed by atoms with E-state index in [0.717, 1.165) is 5.01 Å². The Hall–Kier alpha value is -3.61. The van der Waals surface area contributed by atoms with Crippen molar-refractivity contribution in [2.45, 2.75) is 0 Å². The van der Waals surface area contributed by atoms with Gasteiger partial charge >= 0.3 is 0 Å². The molecular formula is C17H11N3O4. The number of hydrogen-bond acceptors (Lipinski definition) is 5. The van der Waals surface area contributed by atoms with Crippen LogP contribution in [0.5, 0.6) is 0 Å². The summed E-state index contributed by atoms with van der Waals surface area (Å²) in [4.78, 5) is 34.6. The number of nitro groups is 1. The lowest BCUT2D eigenvalue weighted by molar-refractivity contribution is -0.385. The van der Waals surface area contributed by atoms with E-state index in [1.165, 1.54) is 24.4 Å². The van der Waals surface area contributed by atoms with E-state index in [1.54, 1.807) is 42.5 Å². The van der Waals surface area contributed by atoms with E-state index in [0.29, 0.717) is 16.7 Å². The topological polar surface area (TPSA) is 92.9 Å². The third kappa shape index (κ3) is 2.70. The molecule has 0 aliphatic carbocycles.